The summed E-state index contributed by atoms with van der Waals surface area (Å²) in [6.45, 7) is 15.5. The predicted octanol–water partition coefficient (Wildman–Crippen LogP) is 7.03. The number of rotatable bonds is 1. The Bertz CT molecular complexity index is 1170. The van der Waals surface area contributed by atoms with Crippen LogP contribution in [0.4, 0.5) is 0 Å². The van der Waals surface area contributed by atoms with Crippen LogP contribution >= 0.6 is 0 Å². The van der Waals surface area contributed by atoms with Crippen molar-refractivity contribution in [3.63, 3.8) is 0 Å². The van der Waals surface area contributed by atoms with Crippen LogP contribution < -0.4 is 0 Å². The molecule has 0 spiro atoms. The second kappa shape index (κ2) is 6.99. The Morgan fingerprint density at radius 2 is 1.69 bits per heavy atom. The molecule has 0 aromatic carbocycles. The molecule has 0 aliphatic heterocycles. The van der Waals surface area contributed by atoms with Gasteiger partial charge in [0.2, 0.25) is 0 Å². The minimum atomic E-state index is -0.701. The van der Waals surface area contributed by atoms with Crippen LogP contribution in [0.2, 0.25) is 0 Å². The maximum absolute atomic E-state index is 13.2. The molecule has 5 aliphatic carbocycles. The van der Waals surface area contributed by atoms with Gasteiger partial charge in [-0.3, -0.25) is 9.59 Å². The highest BCUT2D eigenvalue weighted by Crippen LogP contribution is 2.73. The van der Waals surface area contributed by atoms with Crippen LogP contribution in [0, 0.1) is 55.7 Å². The van der Waals surface area contributed by atoms with Crippen LogP contribution in [0.3, 0.4) is 0 Å². The van der Waals surface area contributed by atoms with Gasteiger partial charge in [0.05, 0.1) is 11.0 Å². The average Bonchev–Trinajstić information content (AvgIpc) is 2.78. The van der Waals surface area contributed by atoms with Gasteiger partial charge in [-0.2, -0.15) is 5.26 Å². The maximum atomic E-state index is 13.2. The van der Waals surface area contributed by atoms with Crippen molar-refractivity contribution in [2.45, 2.75) is 93.4 Å². The number of nitriles is 1. The lowest BCUT2D eigenvalue weighted by Crippen LogP contribution is -2.61. The molecule has 0 radical (unpaired) electrons. The molecular weight excluding hydrogens is 434 g/mol. The summed E-state index contributed by atoms with van der Waals surface area (Å²) in [5, 5.41) is 19.9. The molecule has 0 saturated heterocycles. The number of nitrogens with zero attached hydrogens (tertiary/aromatic N) is 1. The second-order valence-corrected chi connectivity index (χ2v) is 14.3. The number of aliphatic carboxylic acids is 1. The molecule has 0 amide bonds. The fourth-order valence-corrected chi connectivity index (χ4v) is 9.48. The van der Waals surface area contributed by atoms with E-state index in [1.807, 2.05) is 26.8 Å². The first-order valence-corrected chi connectivity index (χ1v) is 13.4. The maximum Gasteiger partial charge on any atom is 0.309 e. The van der Waals surface area contributed by atoms with Crippen LogP contribution in [0.5, 0.6) is 0 Å². The van der Waals surface area contributed by atoms with Gasteiger partial charge in [0.15, 0.2) is 5.78 Å². The molecule has 4 heteroatoms. The van der Waals surface area contributed by atoms with Crippen LogP contribution in [0.15, 0.2) is 34.9 Å². The van der Waals surface area contributed by atoms with E-state index in [0.717, 1.165) is 38.5 Å². The Kier molecular flexibility index (Phi) is 4.90. The number of carbonyl (C=O) groups is 2. The number of fused-ring (bicyclic) bond motifs is 6. The van der Waals surface area contributed by atoms with Crippen molar-refractivity contribution in [3.8, 4) is 6.07 Å². The highest BCUT2D eigenvalue weighted by Gasteiger charge is 2.66. The predicted molar refractivity (Wildman–Crippen MR) is 136 cm³/mol. The van der Waals surface area contributed by atoms with Crippen LogP contribution in [-0.4, -0.2) is 16.9 Å². The molecule has 0 unspecified atom stereocenters. The summed E-state index contributed by atoms with van der Waals surface area (Å²) in [7, 11) is 0. The number of carboxylic acids is 1. The fraction of sp³-hybridized carbons (Fsp3) is 0.710. The minimum Gasteiger partial charge on any atom is -0.481 e. The van der Waals surface area contributed by atoms with E-state index < -0.39 is 16.8 Å². The zero-order chi connectivity index (χ0) is 25.8. The smallest absolute Gasteiger partial charge is 0.309 e. The summed E-state index contributed by atoms with van der Waals surface area (Å²) >= 11 is 0. The summed E-state index contributed by atoms with van der Waals surface area (Å²) in [4.78, 5) is 25.4. The van der Waals surface area contributed by atoms with Gasteiger partial charge < -0.3 is 5.11 Å². The third kappa shape index (κ3) is 2.85. The lowest BCUT2D eigenvalue weighted by molar-refractivity contribution is -0.151. The Hall–Kier alpha value is -2.15. The van der Waals surface area contributed by atoms with E-state index in [-0.39, 0.29) is 39.3 Å². The number of carboxylic acid groups (broad SMARTS) is 1. The first-order chi connectivity index (χ1) is 16.1. The number of hydrogen-bond acceptors (Lipinski definition) is 3. The van der Waals surface area contributed by atoms with Gasteiger partial charge in [0.1, 0.15) is 6.07 Å². The monoisotopic (exact) mass is 475 g/mol. The molecule has 5 rings (SSSR count). The van der Waals surface area contributed by atoms with Gasteiger partial charge in [0.25, 0.3) is 0 Å². The van der Waals surface area contributed by atoms with E-state index in [2.05, 4.69) is 45.9 Å². The second-order valence-electron chi connectivity index (χ2n) is 14.3. The highest BCUT2D eigenvalue weighted by atomic mass is 16.4. The highest BCUT2D eigenvalue weighted by molar-refractivity contribution is 6.04. The molecular formula is C31H41NO3. The third-order valence-corrected chi connectivity index (χ3v) is 12.2. The first-order valence-electron chi connectivity index (χ1n) is 13.4. The topological polar surface area (TPSA) is 78.2 Å². The number of allylic oxidation sites excluding steroid dienone is 6. The summed E-state index contributed by atoms with van der Waals surface area (Å²) in [6.07, 6.45) is 13.2. The Labute approximate surface area is 210 Å². The fourth-order valence-electron chi connectivity index (χ4n) is 9.48. The van der Waals surface area contributed by atoms with E-state index >= 15 is 0 Å². The van der Waals surface area contributed by atoms with E-state index in [0.29, 0.717) is 12.0 Å². The van der Waals surface area contributed by atoms with Gasteiger partial charge in [-0.25, -0.2) is 0 Å². The van der Waals surface area contributed by atoms with Crippen LogP contribution in [-0.2, 0) is 9.59 Å². The van der Waals surface area contributed by atoms with Gasteiger partial charge in [-0.05, 0) is 90.9 Å². The van der Waals surface area contributed by atoms with Crippen molar-refractivity contribution < 1.29 is 14.7 Å². The molecule has 188 valence electrons. The van der Waals surface area contributed by atoms with Crippen molar-refractivity contribution in [2.24, 2.45) is 44.3 Å². The Morgan fingerprint density at radius 3 is 2.31 bits per heavy atom. The molecule has 2 fully saturated rings. The lowest BCUT2D eigenvalue weighted by atomic mass is 9.36. The third-order valence-electron chi connectivity index (χ3n) is 12.2. The van der Waals surface area contributed by atoms with Gasteiger partial charge in [0, 0.05) is 5.41 Å². The van der Waals surface area contributed by atoms with Gasteiger partial charge in [-0.1, -0.05) is 65.3 Å². The standard InChI is InChI=1S/C31H41NO3/c1-26(2)22-10-11-31(7)23(29(22,5)16-19(18-32)24(26)33)9-8-20-21-17-28(4,25(34)35)13-12-27(21,3)14-15-30(20,31)6/h8-9,16,22-23H,10-15,17H2,1-7H3,(H,34,35)/t22-,23+,27+,28-,29-,30+,31+/m0/s1. The molecule has 35 heavy (non-hydrogen) atoms. The summed E-state index contributed by atoms with van der Waals surface area (Å²) in [5.74, 6) is -0.278. The average molecular weight is 476 g/mol. The normalized spacial score (nSPS) is 48.1. The first kappa shape index (κ1) is 24.5. The summed E-state index contributed by atoms with van der Waals surface area (Å²) < 4.78 is 0. The Morgan fingerprint density at radius 1 is 1.03 bits per heavy atom. The quantitative estimate of drug-likeness (QED) is 0.441. The number of Topliss-reactive ketones (excluding diaryl/α,β-unsaturated/α-hetero) is 1. The lowest BCUT2D eigenvalue weighted by Gasteiger charge is -2.67. The summed E-state index contributed by atoms with van der Waals surface area (Å²) in [5.41, 5.74) is 1.54. The molecule has 0 aromatic rings. The van der Waals surface area contributed by atoms with Crippen LogP contribution in [0.1, 0.15) is 93.4 Å². The van der Waals surface area contributed by atoms with E-state index in [9.17, 15) is 20.0 Å². The minimum absolute atomic E-state index is 0.0107. The zero-order valence-corrected chi connectivity index (χ0v) is 22.5. The van der Waals surface area contributed by atoms with E-state index in [1.54, 1.807) is 0 Å². The summed E-state index contributed by atoms with van der Waals surface area (Å²) in [6, 6.07) is 2.23. The Balaban J connectivity index is 1.70. The number of ketones is 1. The number of carbonyl (C=O) groups excluding carboxylic acids is 1. The van der Waals surface area contributed by atoms with Crippen molar-refractivity contribution in [2.75, 3.05) is 0 Å². The molecule has 7 atom stereocenters. The van der Waals surface area contributed by atoms with Crippen molar-refractivity contribution >= 4 is 11.8 Å². The molecule has 0 bridgehead atoms. The van der Waals surface area contributed by atoms with Crippen molar-refractivity contribution in [1.29, 1.82) is 5.26 Å². The van der Waals surface area contributed by atoms with Crippen LogP contribution in [0.25, 0.3) is 0 Å². The van der Waals surface area contributed by atoms with Crippen molar-refractivity contribution in [3.05, 3.63) is 34.9 Å². The molecule has 1 N–H and O–H groups in total. The molecule has 0 aromatic heterocycles. The largest absolute Gasteiger partial charge is 0.481 e. The van der Waals surface area contributed by atoms with Gasteiger partial charge >= 0.3 is 5.97 Å². The molecule has 0 heterocycles. The number of hydrogen-bond donors (Lipinski definition) is 1. The molecule has 2 saturated carbocycles. The van der Waals surface area contributed by atoms with Gasteiger partial charge in [-0.15, -0.1) is 0 Å². The molecule has 5 aliphatic rings. The van der Waals surface area contributed by atoms with E-state index in [1.165, 1.54) is 11.1 Å². The van der Waals surface area contributed by atoms with E-state index in [4.69, 9.17) is 0 Å². The van der Waals surface area contributed by atoms with Crippen molar-refractivity contribution in [1.82, 2.24) is 0 Å². The molecule has 4 nitrogen and oxygen atoms in total. The zero-order valence-electron chi connectivity index (χ0n) is 22.5. The SMILES string of the molecule is CC1(C)C(=O)C(C#N)=C[C@]2(C)[C@H]3C=CC4=C5C[C@@](C)(C(=O)O)CC[C@]5(C)CC[C@@]4(C)[C@]3(C)CC[C@@H]12.